The fourth-order valence-electron chi connectivity index (χ4n) is 2.83. The van der Waals surface area contributed by atoms with Gasteiger partial charge in [0.05, 0.1) is 12.1 Å². The van der Waals surface area contributed by atoms with E-state index in [1.807, 2.05) is 42.7 Å². The molecule has 128 valence electrons. The number of aromatic nitrogens is 3. The molecule has 0 spiro atoms. The molecule has 0 aliphatic carbocycles. The molecule has 7 heteroatoms. The molecule has 1 aliphatic rings. The van der Waals surface area contributed by atoms with Crippen molar-refractivity contribution in [1.29, 1.82) is 0 Å². The second-order valence-corrected chi connectivity index (χ2v) is 6.92. The third-order valence-electron chi connectivity index (χ3n) is 4.29. The van der Waals surface area contributed by atoms with Crippen LogP contribution in [0.25, 0.3) is 11.4 Å². The van der Waals surface area contributed by atoms with E-state index in [1.165, 1.54) is 5.56 Å². The Morgan fingerprint density at radius 3 is 2.88 bits per heavy atom. The predicted octanol–water partition coefficient (Wildman–Crippen LogP) is 2.60. The van der Waals surface area contributed by atoms with Gasteiger partial charge in [-0.3, -0.25) is 14.5 Å². The van der Waals surface area contributed by atoms with Crippen LogP contribution in [0.2, 0.25) is 0 Å². The van der Waals surface area contributed by atoms with Crippen molar-refractivity contribution in [2.75, 3.05) is 13.2 Å². The number of aryl methyl sites for hydroxylation is 1. The van der Waals surface area contributed by atoms with Crippen molar-refractivity contribution in [2.45, 2.75) is 38.8 Å². The summed E-state index contributed by atoms with van der Waals surface area (Å²) >= 11 is 5.31. The lowest BCUT2D eigenvalue weighted by atomic mass is 10.0. The Morgan fingerprint density at radius 2 is 2.21 bits per heavy atom. The Morgan fingerprint density at radius 1 is 1.46 bits per heavy atom. The first-order valence-corrected chi connectivity index (χ1v) is 8.49. The molecule has 1 atom stereocenters. The maximum absolute atomic E-state index is 12.3. The van der Waals surface area contributed by atoms with Crippen LogP contribution >= 0.6 is 12.2 Å². The van der Waals surface area contributed by atoms with Gasteiger partial charge in [-0.25, -0.2) is 0 Å². The van der Waals surface area contributed by atoms with Crippen LogP contribution in [0.4, 0.5) is 0 Å². The number of aromatic amines is 1. The van der Waals surface area contributed by atoms with Gasteiger partial charge >= 0.3 is 0 Å². The van der Waals surface area contributed by atoms with E-state index in [4.69, 9.17) is 17.0 Å². The third kappa shape index (κ3) is 3.73. The van der Waals surface area contributed by atoms with E-state index in [1.54, 1.807) is 0 Å². The van der Waals surface area contributed by atoms with Gasteiger partial charge < -0.3 is 10.1 Å². The molecular formula is C17H22N4O2S. The Kier molecular flexibility index (Phi) is 4.82. The minimum Gasteiger partial charge on any atom is -0.379 e. The van der Waals surface area contributed by atoms with Crippen LogP contribution in [0.5, 0.6) is 0 Å². The van der Waals surface area contributed by atoms with Crippen LogP contribution < -0.4 is 5.32 Å². The molecule has 24 heavy (non-hydrogen) atoms. The molecule has 1 aromatic carbocycles. The summed E-state index contributed by atoms with van der Waals surface area (Å²) in [6, 6.07) is 8.08. The number of hydrogen-bond acceptors (Lipinski definition) is 4. The van der Waals surface area contributed by atoms with Crippen molar-refractivity contribution in [2.24, 2.45) is 0 Å². The fourth-order valence-corrected chi connectivity index (χ4v) is 3.05. The molecular weight excluding hydrogens is 324 g/mol. The van der Waals surface area contributed by atoms with Crippen molar-refractivity contribution in [1.82, 2.24) is 20.1 Å². The Balaban J connectivity index is 1.69. The zero-order valence-electron chi connectivity index (χ0n) is 14.0. The van der Waals surface area contributed by atoms with Crippen molar-refractivity contribution in [3.63, 3.8) is 0 Å². The highest BCUT2D eigenvalue weighted by Gasteiger charge is 2.31. The summed E-state index contributed by atoms with van der Waals surface area (Å²) in [5.74, 6) is 0.754. The summed E-state index contributed by atoms with van der Waals surface area (Å²) in [7, 11) is 0. The third-order valence-corrected chi connectivity index (χ3v) is 4.60. The molecule has 3 rings (SSSR count). The number of nitrogens with one attached hydrogen (secondary N) is 2. The zero-order chi connectivity index (χ0) is 17.2. The van der Waals surface area contributed by atoms with Gasteiger partial charge in [0, 0.05) is 25.1 Å². The standard InChI is InChI=1S/C17H22N4O2S/c1-12-3-5-13(6-4-12)15-19-20-16(24)21(15)9-7-14(22)18-17(2)8-10-23-11-17/h3-6H,7-11H2,1-2H3,(H,18,22)(H,20,24)/t17-/m1/s1. The van der Waals surface area contributed by atoms with Crippen molar-refractivity contribution >= 4 is 18.1 Å². The number of carbonyl (C=O) groups excluding carboxylic acids is 1. The van der Waals surface area contributed by atoms with E-state index in [0.717, 1.165) is 17.8 Å². The number of rotatable bonds is 5. The molecule has 2 aromatic rings. The number of H-pyrrole nitrogens is 1. The van der Waals surface area contributed by atoms with E-state index < -0.39 is 0 Å². The van der Waals surface area contributed by atoms with Gasteiger partial charge in [-0.15, -0.1) is 0 Å². The largest absolute Gasteiger partial charge is 0.379 e. The molecule has 0 bridgehead atoms. The molecule has 6 nitrogen and oxygen atoms in total. The lowest BCUT2D eigenvalue weighted by molar-refractivity contribution is -0.123. The van der Waals surface area contributed by atoms with Gasteiger partial charge in [-0.2, -0.15) is 5.10 Å². The molecule has 1 aliphatic heterocycles. The lowest BCUT2D eigenvalue weighted by Crippen LogP contribution is -2.46. The first-order chi connectivity index (χ1) is 11.5. The van der Waals surface area contributed by atoms with Gasteiger partial charge in [0.2, 0.25) is 5.91 Å². The lowest BCUT2D eigenvalue weighted by Gasteiger charge is -2.23. The van der Waals surface area contributed by atoms with E-state index >= 15 is 0 Å². The van der Waals surface area contributed by atoms with Crippen LogP contribution in [0.3, 0.4) is 0 Å². The van der Waals surface area contributed by atoms with E-state index in [2.05, 4.69) is 15.5 Å². The van der Waals surface area contributed by atoms with Crippen LogP contribution in [0.1, 0.15) is 25.3 Å². The summed E-state index contributed by atoms with van der Waals surface area (Å²) < 4.78 is 7.76. The van der Waals surface area contributed by atoms with Gasteiger partial charge in [0.15, 0.2) is 10.6 Å². The monoisotopic (exact) mass is 346 g/mol. The maximum Gasteiger partial charge on any atom is 0.222 e. The van der Waals surface area contributed by atoms with E-state index in [0.29, 0.717) is 31.0 Å². The van der Waals surface area contributed by atoms with E-state index in [9.17, 15) is 4.79 Å². The SMILES string of the molecule is Cc1ccc(-c2n[nH]c(=S)n2CCC(=O)N[C@]2(C)CCOC2)cc1. The van der Waals surface area contributed by atoms with Gasteiger partial charge in [0.1, 0.15) is 0 Å². The van der Waals surface area contributed by atoms with Gasteiger partial charge in [-0.1, -0.05) is 29.8 Å². The Hall–Kier alpha value is -1.99. The molecule has 1 saturated heterocycles. The van der Waals surface area contributed by atoms with Gasteiger partial charge in [-0.05, 0) is 32.5 Å². The van der Waals surface area contributed by atoms with Crippen LogP contribution in [-0.2, 0) is 16.1 Å². The summed E-state index contributed by atoms with van der Waals surface area (Å²) in [4.78, 5) is 12.3. The maximum atomic E-state index is 12.3. The minimum absolute atomic E-state index is 0.000885. The number of nitrogens with zero attached hydrogens (tertiary/aromatic N) is 2. The minimum atomic E-state index is -0.255. The van der Waals surface area contributed by atoms with Gasteiger partial charge in [0.25, 0.3) is 0 Å². The van der Waals surface area contributed by atoms with Crippen molar-refractivity contribution in [3.8, 4) is 11.4 Å². The summed E-state index contributed by atoms with van der Waals surface area (Å²) in [5, 5.41) is 10.2. The number of carbonyl (C=O) groups is 1. The highest BCUT2D eigenvalue weighted by atomic mass is 32.1. The first kappa shape index (κ1) is 16.9. The predicted molar refractivity (Wildman–Crippen MR) is 94.2 cm³/mol. The molecule has 2 heterocycles. The summed E-state index contributed by atoms with van der Waals surface area (Å²) in [6.07, 6.45) is 1.20. The van der Waals surface area contributed by atoms with Crippen LogP contribution in [0, 0.1) is 11.7 Å². The van der Waals surface area contributed by atoms with E-state index in [-0.39, 0.29) is 11.4 Å². The first-order valence-electron chi connectivity index (χ1n) is 8.08. The molecule has 2 N–H and O–H groups in total. The highest BCUT2D eigenvalue weighted by Crippen LogP contribution is 2.19. The normalized spacial score (nSPS) is 20.2. The quantitative estimate of drug-likeness (QED) is 0.817. The number of hydrogen-bond donors (Lipinski definition) is 2. The molecule has 0 radical (unpaired) electrons. The topological polar surface area (TPSA) is 71.9 Å². The summed E-state index contributed by atoms with van der Waals surface area (Å²) in [5.41, 5.74) is 1.91. The van der Waals surface area contributed by atoms with Crippen molar-refractivity contribution < 1.29 is 9.53 Å². The number of ether oxygens (including phenoxy) is 1. The average Bonchev–Trinajstić information content (AvgIpc) is 3.12. The number of benzene rings is 1. The fraction of sp³-hybridized carbons (Fsp3) is 0.471. The molecule has 1 amide bonds. The second-order valence-electron chi connectivity index (χ2n) is 6.53. The summed E-state index contributed by atoms with van der Waals surface area (Å²) in [6.45, 7) is 5.80. The Labute approximate surface area is 146 Å². The zero-order valence-corrected chi connectivity index (χ0v) is 14.8. The Bertz CT molecular complexity index is 773. The second kappa shape index (κ2) is 6.86. The van der Waals surface area contributed by atoms with Crippen LogP contribution in [-0.4, -0.2) is 39.4 Å². The molecule has 1 fully saturated rings. The highest BCUT2D eigenvalue weighted by molar-refractivity contribution is 7.71. The number of amides is 1. The molecule has 1 aromatic heterocycles. The average molecular weight is 346 g/mol. The van der Waals surface area contributed by atoms with Crippen molar-refractivity contribution in [3.05, 3.63) is 34.6 Å². The molecule has 0 unspecified atom stereocenters. The van der Waals surface area contributed by atoms with Crippen LogP contribution in [0.15, 0.2) is 24.3 Å². The smallest absolute Gasteiger partial charge is 0.222 e. The molecule has 0 saturated carbocycles.